The van der Waals surface area contributed by atoms with E-state index in [0.29, 0.717) is 16.4 Å². The van der Waals surface area contributed by atoms with Crippen LogP contribution in [0.3, 0.4) is 0 Å². The molecule has 0 aliphatic carbocycles. The van der Waals surface area contributed by atoms with E-state index < -0.39 is 23.4 Å². The number of nitrogens with zero attached hydrogens (tertiary/aromatic N) is 2. The minimum Gasteiger partial charge on any atom is -0.497 e. The number of benzene rings is 2. The third-order valence-electron chi connectivity index (χ3n) is 4.10. The van der Waals surface area contributed by atoms with Crippen molar-refractivity contribution in [2.45, 2.75) is 6.92 Å². The first kappa shape index (κ1) is 20.9. The van der Waals surface area contributed by atoms with Gasteiger partial charge in [0.15, 0.2) is 11.7 Å². The summed E-state index contributed by atoms with van der Waals surface area (Å²) in [6, 6.07) is 11.2. The first-order valence-electron chi connectivity index (χ1n) is 8.69. The Hall–Kier alpha value is -3.79. The summed E-state index contributed by atoms with van der Waals surface area (Å²) in [5.74, 6) is -0.564. The van der Waals surface area contributed by atoms with Crippen molar-refractivity contribution in [2.75, 3.05) is 19.0 Å². The van der Waals surface area contributed by atoms with E-state index in [-0.39, 0.29) is 11.3 Å². The van der Waals surface area contributed by atoms with Crippen molar-refractivity contribution >= 4 is 34.0 Å². The number of esters is 1. The SMILES string of the molecule is COc1ccc(-c2csc(NC(=O)COC(=O)c3ccc([N+](=O)[O-])c(C)c3)n2)cc1. The number of carbonyl (C=O) groups is 2. The molecule has 1 aromatic heterocycles. The predicted molar refractivity (Wildman–Crippen MR) is 111 cm³/mol. The lowest BCUT2D eigenvalue weighted by Crippen LogP contribution is -2.20. The fraction of sp³-hybridized carbons (Fsp3) is 0.150. The van der Waals surface area contributed by atoms with Gasteiger partial charge >= 0.3 is 5.97 Å². The Labute approximate surface area is 175 Å². The molecule has 0 radical (unpaired) electrons. The number of nitrogens with one attached hydrogen (secondary N) is 1. The number of nitro groups is 1. The number of methoxy groups -OCH3 is 1. The molecule has 0 fully saturated rings. The van der Waals surface area contributed by atoms with Gasteiger partial charge in [0.25, 0.3) is 11.6 Å². The van der Waals surface area contributed by atoms with E-state index in [4.69, 9.17) is 9.47 Å². The number of rotatable bonds is 7. The lowest BCUT2D eigenvalue weighted by molar-refractivity contribution is -0.385. The van der Waals surface area contributed by atoms with E-state index >= 15 is 0 Å². The van der Waals surface area contributed by atoms with Gasteiger partial charge in [-0.3, -0.25) is 20.2 Å². The van der Waals surface area contributed by atoms with E-state index in [1.54, 1.807) is 12.5 Å². The van der Waals surface area contributed by atoms with E-state index in [1.807, 2.05) is 24.3 Å². The van der Waals surface area contributed by atoms with Crippen molar-refractivity contribution in [3.05, 3.63) is 69.1 Å². The van der Waals surface area contributed by atoms with Crippen molar-refractivity contribution in [3.8, 4) is 17.0 Å². The van der Waals surface area contributed by atoms with Gasteiger partial charge in [0.1, 0.15) is 5.75 Å². The van der Waals surface area contributed by atoms with Crippen LogP contribution in [0.25, 0.3) is 11.3 Å². The normalized spacial score (nSPS) is 10.3. The van der Waals surface area contributed by atoms with E-state index in [0.717, 1.165) is 11.3 Å². The number of thiazole rings is 1. The van der Waals surface area contributed by atoms with E-state index in [9.17, 15) is 19.7 Å². The number of aryl methyl sites for hydroxylation is 1. The first-order valence-corrected chi connectivity index (χ1v) is 9.57. The molecule has 0 spiro atoms. The highest BCUT2D eigenvalue weighted by molar-refractivity contribution is 7.14. The quantitative estimate of drug-likeness (QED) is 0.345. The average molecular weight is 427 g/mol. The third-order valence-corrected chi connectivity index (χ3v) is 4.86. The summed E-state index contributed by atoms with van der Waals surface area (Å²) >= 11 is 1.24. The van der Waals surface area contributed by atoms with Gasteiger partial charge in [-0.05, 0) is 43.3 Å². The summed E-state index contributed by atoms with van der Waals surface area (Å²) < 4.78 is 10.1. The van der Waals surface area contributed by atoms with Gasteiger partial charge in [-0.25, -0.2) is 9.78 Å². The first-order chi connectivity index (χ1) is 14.4. The molecule has 30 heavy (non-hydrogen) atoms. The van der Waals surface area contributed by atoms with Crippen molar-refractivity contribution in [1.82, 2.24) is 4.98 Å². The van der Waals surface area contributed by atoms with Crippen molar-refractivity contribution in [2.24, 2.45) is 0 Å². The second-order valence-corrected chi connectivity index (χ2v) is 7.01. The topological polar surface area (TPSA) is 121 Å². The molecule has 3 aromatic rings. The molecule has 1 amide bonds. The Morgan fingerprint density at radius 2 is 1.93 bits per heavy atom. The number of carbonyl (C=O) groups excluding carboxylic acids is 2. The summed E-state index contributed by atoms with van der Waals surface area (Å²) in [7, 11) is 1.58. The molecule has 9 nitrogen and oxygen atoms in total. The number of amides is 1. The van der Waals surface area contributed by atoms with Crippen LogP contribution in [-0.2, 0) is 9.53 Å². The Kier molecular flexibility index (Phi) is 6.38. The maximum Gasteiger partial charge on any atom is 0.338 e. The zero-order valence-corrected chi connectivity index (χ0v) is 16.9. The Bertz CT molecular complexity index is 1090. The molecule has 154 valence electrons. The van der Waals surface area contributed by atoms with Crippen molar-refractivity contribution < 1.29 is 24.0 Å². The monoisotopic (exact) mass is 427 g/mol. The van der Waals surface area contributed by atoms with Crippen LogP contribution in [0.4, 0.5) is 10.8 Å². The van der Waals surface area contributed by atoms with Crippen molar-refractivity contribution in [1.29, 1.82) is 0 Å². The van der Waals surface area contributed by atoms with Crippen LogP contribution < -0.4 is 10.1 Å². The van der Waals surface area contributed by atoms with Crippen LogP contribution in [0.1, 0.15) is 15.9 Å². The smallest absolute Gasteiger partial charge is 0.338 e. The number of aromatic nitrogens is 1. The molecule has 0 unspecified atom stereocenters. The molecule has 0 atom stereocenters. The standard InChI is InChI=1S/C20H17N3O6S/c1-12-9-14(5-8-17(12)23(26)27)19(25)29-10-18(24)22-20-21-16(11-30-20)13-3-6-15(28-2)7-4-13/h3-9,11H,10H2,1-2H3,(H,21,22,24). The summed E-state index contributed by atoms with van der Waals surface area (Å²) in [6.07, 6.45) is 0. The van der Waals surface area contributed by atoms with Crippen LogP contribution in [0, 0.1) is 17.0 Å². The number of nitro benzene ring substituents is 1. The molecule has 0 saturated heterocycles. The molecular formula is C20H17N3O6S. The summed E-state index contributed by atoms with van der Waals surface area (Å²) in [5, 5.41) is 15.6. The molecule has 0 aliphatic heterocycles. The second-order valence-electron chi connectivity index (χ2n) is 6.15. The van der Waals surface area contributed by atoms with Crippen LogP contribution in [0.5, 0.6) is 5.75 Å². The summed E-state index contributed by atoms with van der Waals surface area (Å²) in [6.45, 7) is 1.01. The molecule has 1 heterocycles. The lowest BCUT2D eigenvalue weighted by Gasteiger charge is -2.06. The largest absolute Gasteiger partial charge is 0.497 e. The van der Waals surface area contributed by atoms with Gasteiger partial charge in [0.2, 0.25) is 0 Å². The van der Waals surface area contributed by atoms with Crippen LogP contribution >= 0.6 is 11.3 Å². The minimum absolute atomic E-state index is 0.0965. The average Bonchev–Trinajstić information content (AvgIpc) is 3.20. The maximum atomic E-state index is 12.1. The number of ether oxygens (including phenoxy) is 2. The molecular weight excluding hydrogens is 410 g/mol. The van der Waals surface area contributed by atoms with Gasteiger partial charge in [0, 0.05) is 22.6 Å². The third kappa shape index (κ3) is 4.97. The predicted octanol–water partition coefficient (Wildman–Crippen LogP) is 3.83. The van der Waals surface area contributed by atoms with Gasteiger partial charge in [0.05, 0.1) is 23.3 Å². The number of hydrogen-bond donors (Lipinski definition) is 1. The maximum absolute atomic E-state index is 12.1. The Balaban J connectivity index is 1.56. The molecule has 1 N–H and O–H groups in total. The van der Waals surface area contributed by atoms with Gasteiger partial charge in [-0.2, -0.15) is 0 Å². The van der Waals surface area contributed by atoms with Crippen LogP contribution in [-0.4, -0.2) is 35.5 Å². The lowest BCUT2D eigenvalue weighted by atomic mass is 10.1. The number of anilines is 1. The fourth-order valence-corrected chi connectivity index (χ4v) is 3.32. The molecule has 0 bridgehead atoms. The van der Waals surface area contributed by atoms with Gasteiger partial charge in [-0.1, -0.05) is 0 Å². The van der Waals surface area contributed by atoms with Gasteiger partial charge < -0.3 is 9.47 Å². The second kappa shape index (κ2) is 9.14. The molecule has 10 heteroatoms. The highest BCUT2D eigenvalue weighted by Crippen LogP contribution is 2.26. The zero-order chi connectivity index (χ0) is 21.7. The zero-order valence-electron chi connectivity index (χ0n) is 16.1. The van der Waals surface area contributed by atoms with Crippen molar-refractivity contribution in [3.63, 3.8) is 0 Å². The van der Waals surface area contributed by atoms with Crippen LogP contribution in [0.15, 0.2) is 47.8 Å². The van der Waals surface area contributed by atoms with E-state index in [1.165, 1.54) is 36.5 Å². The molecule has 0 aliphatic rings. The fourth-order valence-electron chi connectivity index (χ4n) is 2.58. The molecule has 3 rings (SSSR count). The summed E-state index contributed by atoms with van der Waals surface area (Å²) in [5.41, 5.74) is 1.92. The summed E-state index contributed by atoms with van der Waals surface area (Å²) in [4.78, 5) is 38.8. The molecule has 0 saturated carbocycles. The number of hydrogen-bond acceptors (Lipinski definition) is 8. The van der Waals surface area contributed by atoms with Crippen LogP contribution in [0.2, 0.25) is 0 Å². The van der Waals surface area contributed by atoms with Gasteiger partial charge in [-0.15, -0.1) is 11.3 Å². The minimum atomic E-state index is -0.749. The highest BCUT2D eigenvalue weighted by atomic mass is 32.1. The Morgan fingerprint density at radius 3 is 2.57 bits per heavy atom. The highest BCUT2D eigenvalue weighted by Gasteiger charge is 2.16. The Morgan fingerprint density at radius 1 is 1.20 bits per heavy atom. The molecule has 2 aromatic carbocycles. The van der Waals surface area contributed by atoms with E-state index in [2.05, 4.69) is 10.3 Å².